The monoisotopic (exact) mass is 297 g/mol. The van der Waals surface area contributed by atoms with Gasteiger partial charge in [-0.25, -0.2) is 0 Å². The second-order valence-corrected chi connectivity index (χ2v) is 6.17. The number of β-amino-alcohol motifs (C(OH)–C–C–N with tert-alkyl or cyclic N) is 1. The fourth-order valence-electron chi connectivity index (χ4n) is 2.85. The lowest BCUT2D eigenvalue weighted by Crippen LogP contribution is -2.37. The summed E-state index contributed by atoms with van der Waals surface area (Å²) in [6, 6.07) is 6.51. The Balaban J connectivity index is 2.18. The standard InChI is InChI=1S/C15H24ClN3O/c1-17-8-11-4-5-12(7-15(11)16)19-10-14(20)6-13(19)9-18(2)3/h4-5,7,13-14,17,20H,6,8-10H2,1-3H3. The van der Waals surface area contributed by atoms with Crippen molar-refractivity contribution < 1.29 is 5.11 Å². The highest BCUT2D eigenvalue weighted by Gasteiger charge is 2.31. The lowest BCUT2D eigenvalue weighted by atomic mass is 10.1. The normalized spacial score (nSPS) is 22.8. The molecule has 2 rings (SSSR count). The van der Waals surface area contributed by atoms with Gasteiger partial charge >= 0.3 is 0 Å². The zero-order valence-electron chi connectivity index (χ0n) is 12.4. The van der Waals surface area contributed by atoms with E-state index >= 15 is 0 Å². The molecule has 1 aliphatic rings. The van der Waals surface area contributed by atoms with Gasteiger partial charge in [-0.1, -0.05) is 17.7 Å². The molecule has 1 aliphatic heterocycles. The zero-order valence-corrected chi connectivity index (χ0v) is 13.2. The van der Waals surface area contributed by atoms with E-state index in [4.69, 9.17) is 11.6 Å². The summed E-state index contributed by atoms with van der Waals surface area (Å²) in [4.78, 5) is 4.42. The second kappa shape index (κ2) is 6.76. The number of aliphatic hydroxyl groups excluding tert-OH is 1. The highest BCUT2D eigenvalue weighted by molar-refractivity contribution is 6.31. The van der Waals surface area contributed by atoms with Crippen LogP contribution in [-0.4, -0.2) is 56.4 Å². The molecular formula is C15H24ClN3O. The molecule has 1 heterocycles. The molecule has 2 unspecified atom stereocenters. The Labute approximate surface area is 126 Å². The number of aliphatic hydroxyl groups is 1. The lowest BCUT2D eigenvalue weighted by Gasteiger charge is -2.29. The van der Waals surface area contributed by atoms with Gasteiger partial charge in [-0.2, -0.15) is 0 Å². The third-order valence-electron chi connectivity index (χ3n) is 3.70. The van der Waals surface area contributed by atoms with Crippen molar-refractivity contribution in [2.45, 2.75) is 25.1 Å². The maximum absolute atomic E-state index is 9.95. The molecule has 2 atom stereocenters. The number of rotatable bonds is 5. The van der Waals surface area contributed by atoms with E-state index in [1.165, 1.54) is 0 Å². The molecule has 1 saturated heterocycles. The smallest absolute Gasteiger partial charge is 0.0735 e. The molecule has 20 heavy (non-hydrogen) atoms. The van der Waals surface area contributed by atoms with Crippen LogP contribution >= 0.6 is 11.6 Å². The van der Waals surface area contributed by atoms with Gasteiger partial charge in [0.15, 0.2) is 0 Å². The van der Waals surface area contributed by atoms with Crippen LogP contribution < -0.4 is 10.2 Å². The van der Waals surface area contributed by atoms with E-state index < -0.39 is 0 Å². The SMILES string of the molecule is CNCc1ccc(N2CC(O)CC2CN(C)C)cc1Cl. The van der Waals surface area contributed by atoms with E-state index in [1.54, 1.807) is 0 Å². The van der Waals surface area contributed by atoms with Crippen molar-refractivity contribution in [1.29, 1.82) is 0 Å². The third-order valence-corrected chi connectivity index (χ3v) is 4.06. The first-order chi connectivity index (χ1) is 9.51. The quantitative estimate of drug-likeness (QED) is 0.865. The first kappa shape index (κ1) is 15.6. The van der Waals surface area contributed by atoms with Gasteiger partial charge in [0.25, 0.3) is 0 Å². The van der Waals surface area contributed by atoms with Crippen LogP contribution in [0.25, 0.3) is 0 Å². The van der Waals surface area contributed by atoms with Crippen LogP contribution in [-0.2, 0) is 6.54 Å². The molecule has 0 saturated carbocycles. The summed E-state index contributed by atoms with van der Waals surface area (Å²) >= 11 is 6.34. The molecule has 4 nitrogen and oxygen atoms in total. The van der Waals surface area contributed by atoms with Gasteiger partial charge in [0.05, 0.1) is 6.10 Å². The topological polar surface area (TPSA) is 38.7 Å². The summed E-state index contributed by atoms with van der Waals surface area (Å²) in [6.07, 6.45) is 0.560. The van der Waals surface area contributed by atoms with Crippen LogP contribution in [0, 0.1) is 0 Å². The summed E-state index contributed by atoms with van der Waals surface area (Å²) in [7, 11) is 6.03. The van der Waals surface area contributed by atoms with E-state index in [-0.39, 0.29) is 6.10 Å². The number of likely N-dealkylation sites (N-methyl/N-ethyl adjacent to an activating group) is 1. The fraction of sp³-hybridized carbons (Fsp3) is 0.600. The minimum absolute atomic E-state index is 0.254. The number of halogens is 1. The minimum atomic E-state index is -0.254. The molecule has 0 amide bonds. The molecule has 112 valence electrons. The van der Waals surface area contributed by atoms with Crippen LogP contribution in [0.15, 0.2) is 18.2 Å². The lowest BCUT2D eigenvalue weighted by molar-refractivity contribution is 0.191. The predicted molar refractivity (Wildman–Crippen MR) is 84.5 cm³/mol. The van der Waals surface area contributed by atoms with Gasteiger partial charge < -0.3 is 20.2 Å². The van der Waals surface area contributed by atoms with E-state index in [0.29, 0.717) is 12.6 Å². The van der Waals surface area contributed by atoms with E-state index in [1.807, 2.05) is 13.1 Å². The van der Waals surface area contributed by atoms with Crippen LogP contribution in [0.1, 0.15) is 12.0 Å². The van der Waals surface area contributed by atoms with Crippen molar-refractivity contribution in [3.63, 3.8) is 0 Å². The average Bonchev–Trinajstić information content (AvgIpc) is 2.72. The van der Waals surface area contributed by atoms with Gasteiger partial charge in [-0.3, -0.25) is 0 Å². The number of nitrogens with zero attached hydrogens (tertiary/aromatic N) is 2. The third kappa shape index (κ3) is 3.64. The first-order valence-electron chi connectivity index (χ1n) is 7.03. The molecule has 1 aromatic rings. The van der Waals surface area contributed by atoms with Crippen LogP contribution in [0.5, 0.6) is 0 Å². The number of hydrogen-bond acceptors (Lipinski definition) is 4. The van der Waals surface area contributed by atoms with Gasteiger partial charge in [-0.15, -0.1) is 0 Å². The Morgan fingerprint density at radius 3 is 2.80 bits per heavy atom. The van der Waals surface area contributed by atoms with Crippen LogP contribution in [0.3, 0.4) is 0 Å². The van der Waals surface area contributed by atoms with Gasteiger partial charge in [0.1, 0.15) is 0 Å². The molecule has 2 N–H and O–H groups in total. The summed E-state index contributed by atoms with van der Waals surface area (Å²) in [5.41, 5.74) is 2.19. The Morgan fingerprint density at radius 2 is 2.20 bits per heavy atom. The van der Waals surface area contributed by atoms with Crippen molar-refractivity contribution >= 4 is 17.3 Å². The molecular weight excluding hydrogens is 274 g/mol. The van der Waals surface area contributed by atoms with E-state index in [2.05, 4.69) is 41.3 Å². The molecule has 5 heteroatoms. The predicted octanol–water partition coefficient (Wildman–Crippen LogP) is 1.56. The van der Waals surface area contributed by atoms with Crippen molar-refractivity contribution in [1.82, 2.24) is 10.2 Å². The van der Waals surface area contributed by atoms with Crippen molar-refractivity contribution in [3.8, 4) is 0 Å². The van der Waals surface area contributed by atoms with Crippen molar-refractivity contribution in [3.05, 3.63) is 28.8 Å². The average molecular weight is 298 g/mol. The largest absolute Gasteiger partial charge is 0.391 e. The fourth-order valence-corrected chi connectivity index (χ4v) is 3.09. The number of anilines is 1. The Bertz CT molecular complexity index is 453. The van der Waals surface area contributed by atoms with E-state index in [9.17, 15) is 5.11 Å². The highest BCUT2D eigenvalue weighted by Crippen LogP contribution is 2.30. The number of benzene rings is 1. The van der Waals surface area contributed by atoms with Gasteiger partial charge in [0, 0.05) is 36.4 Å². The zero-order chi connectivity index (χ0) is 14.7. The Morgan fingerprint density at radius 1 is 1.45 bits per heavy atom. The van der Waals surface area contributed by atoms with Gasteiger partial charge in [0.2, 0.25) is 0 Å². The molecule has 0 aromatic heterocycles. The Kier molecular flexibility index (Phi) is 5.27. The maximum atomic E-state index is 9.95. The van der Waals surface area contributed by atoms with Crippen LogP contribution in [0.4, 0.5) is 5.69 Å². The maximum Gasteiger partial charge on any atom is 0.0735 e. The summed E-state index contributed by atoms with van der Waals surface area (Å²) < 4.78 is 0. The molecule has 0 aliphatic carbocycles. The number of nitrogens with one attached hydrogen (secondary N) is 1. The first-order valence-corrected chi connectivity index (χ1v) is 7.41. The summed E-state index contributed by atoms with van der Waals surface area (Å²) in [6.45, 7) is 2.38. The van der Waals surface area contributed by atoms with Crippen molar-refractivity contribution in [2.75, 3.05) is 39.1 Å². The van der Waals surface area contributed by atoms with Crippen molar-refractivity contribution in [2.24, 2.45) is 0 Å². The van der Waals surface area contributed by atoms with Crippen LogP contribution in [0.2, 0.25) is 5.02 Å². The highest BCUT2D eigenvalue weighted by atomic mass is 35.5. The van der Waals surface area contributed by atoms with E-state index in [0.717, 1.165) is 35.8 Å². The summed E-state index contributed by atoms with van der Waals surface area (Å²) in [5.74, 6) is 0. The van der Waals surface area contributed by atoms with Gasteiger partial charge in [-0.05, 0) is 45.3 Å². The molecule has 0 radical (unpaired) electrons. The summed E-state index contributed by atoms with van der Waals surface area (Å²) in [5, 5.41) is 13.8. The molecule has 1 aromatic carbocycles. The second-order valence-electron chi connectivity index (χ2n) is 5.76. The Hall–Kier alpha value is -0.810. The number of hydrogen-bond donors (Lipinski definition) is 2. The molecule has 0 bridgehead atoms. The minimum Gasteiger partial charge on any atom is -0.391 e. The molecule has 1 fully saturated rings. The molecule has 0 spiro atoms.